The first-order valence-corrected chi connectivity index (χ1v) is 9.14. The quantitative estimate of drug-likeness (QED) is 0.797. The number of piperazine rings is 1. The highest BCUT2D eigenvalue weighted by Crippen LogP contribution is 2.19. The Morgan fingerprint density at radius 3 is 2.42 bits per heavy atom. The maximum atomic E-state index is 11.9. The normalized spacial score (nSPS) is 14.9. The summed E-state index contributed by atoms with van der Waals surface area (Å²) in [7, 11) is 2.16. The molecule has 138 valence electrons. The Morgan fingerprint density at radius 2 is 1.73 bits per heavy atom. The highest BCUT2D eigenvalue weighted by molar-refractivity contribution is 5.76. The van der Waals surface area contributed by atoms with Gasteiger partial charge in [0, 0.05) is 69.5 Å². The number of hydrogen-bond acceptors (Lipinski definition) is 5. The molecule has 6 nitrogen and oxygen atoms in total. The Balaban J connectivity index is 1.37. The predicted molar refractivity (Wildman–Crippen MR) is 105 cm³/mol. The zero-order valence-corrected chi connectivity index (χ0v) is 15.3. The fraction of sp³-hybridized carbons (Fsp3) is 0.400. The Morgan fingerprint density at radius 1 is 1.04 bits per heavy atom. The third-order valence-electron chi connectivity index (χ3n) is 4.66. The number of amides is 1. The topological polar surface area (TPSA) is 60.5 Å². The fourth-order valence-electron chi connectivity index (χ4n) is 2.96. The van der Waals surface area contributed by atoms with Gasteiger partial charge in [-0.3, -0.25) is 9.78 Å². The minimum Gasteiger partial charge on any atom is -0.385 e. The van der Waals surface area contributed by atoms with Gasteiger partial charge in [0.2, 0.25) is 5.91 Å². The molecule has 2 aromatic rings. The first-order chi connectivity index (χ1) is 12.7. The van der Waals surface area contributed by atoms with Crippen LogP contribution >= 0.6 is 0 Å². The number of pyridine rings is 1. The van der Waals surface area contributed by atoms with E-state index in [1.165, 1.54) is 5.69 Å². The standard InChI is InChI=1S/C20H27N5O/c1-24-12-14-25(15-13-24)19-4-2-18(3-5-19)22-11-8-20(26)23-16-17-6-9-21-10-7-17/h2-7,9-10,22H,8,11-16H2,1H3,(H,23,26). The molecule has 2 heterocycles. The molecule has 0 atom stereocenters. The second-order valence-electron chi connectivity index (χ2n) is 6.65. The van der Waals surface area contributed by atoms with E-state index >= 15 is 0 Å². The fourth-order valence-corrected chi connectivity index (χ4v) is 2.96. The number of rotatable bonds is 7. The number of hydrogen-bond donors (Lipinski definition) is 2. The average molecular weight is 353 g/mol. The first-order valence-electron chi connectivity index (χ1n) is 9.14. The summed E-state index contributed by atoms with van der Waals surface area (Å²) >= 11 is 0. The maximum Gasteiger partial charge on any atom is 0.222 e. The van der Waals surface area contributed by atoms with E-state index in [2.05, 4.69) is 56.7 Å². The van der Waals surface area contributed by atoms with Gasteiger partial charge in [-0.05, 0) is 49.0 Å². The van der Waals surface area contributed by atoms with Crippen molar-refractivity contribution in [3.8, 4) is 0 Å². The van der Waals surface area contributed by atoms with Crippen LogP contribution in [0.25, 0.3) is 0 Å². The summed E-state index contributed by atoms with van der Waals surface area (Å²) in [6.45, 7) is 5.52. The van der Waals surface area contributed by atoms with Gasteiger partial charge in [-0.2, -0.15) is 0 Å². The molecule has 1 aromatic heterocycles. The van der Waals surface area contributed by atoms with Gasteiger partial charge < -0.3 is 20.4 Å². The van der Waals surface area contributed by atoms with Crippen LogP contribution in [-0.2, 0) is 11.3 Å². The summed E-state index contributed by atoms with van der Waals surface area (Å²) in [5.74, 6) is 0.0448. The average Bonchev–Trinajstić information content (AvgIpc) is 2.68. The van der Waals surface area contributed by atoms with E-state index in [4.69, 9.17) is 0 Å². The smallest absolute Gasteiger partial charge is 0.222 e. The molecule has 1 fully saturated rings. The van der Waals surface area contributed by atoms with Gasteiger partial charge in [-0.1, -0.05) is 0 Å². The molecule has 1 aliphatic heterocycles. The minimum atomic E-state index is 0.0448. The molecular formula is C20H27N5O. The lowest BCUT2D eigenvalue weighted by Crippen LogP contribution is -2.44. The van der Waals surface area contributed by atoms with Crippen molar-refractivity contribution in [2.24, 2.45) is 0 Å². The van der Waals surface area contributed by atoms with Gasteiger partial charge in [0.1, 0.15) is 0 Å². The molecular weight excluding hydrogens is 326 g/mol. The summed E-state index contributed by atoms with van der Waals surface area (Å²) in [5, 5.41) is 6.24. The van der Waals surface area contributed by atoms with E-state index in [0.29, 0.717) is 19.5 Å². The largest absolute Gasteiger partial charge is 0.385 e. The third kappa shape index (κ3) is 5.46. The van der Waals surface area contributed by atoms with E-state index in [1.54, 1.807) is 12.4 Å². The lowest BCUT2D eigenvalue weighted by atomic mass is 10.2. The molecule has 1 aromatic carbocycles. The van der Waals surface area contributed by atoms with Crippen LogP contribution in [0.2, 0.25) is 0 Å². The highest BCUT2D eigenvalue weighted by atomic mass is 16.1. The molecule has 0 radical (unpaired) electrons. The van der Waals surface area contributed by atoms with Crippen LogP contribution in [0.5, 0.6) is 0 Å². The summed E-state index contributed by atoms with van der Waals surface area (Å²) in [4.78, 5) is 20.6. The Hall–Kier alpha value is -2.60. The Kier molecular flexibility index (Phi) is 6.44. The molecule has 0 spiro atoms. The molecule has 2 N–H and O–H groups in total. The van der Waals surface area contributed by atoms with Crippen molar-refractivity contribution in [3.05, 3.63) is 54.4 Å². The van der Waals surface area contributed by atoms with Crippen LogP contribution in [0.4, 0.5) is 11.4 Å². The summed E-state index contributed by atoms with van der Waals surface area (Å²) in [6, 6.07) is 12.3. The van der Waals surface area contributed by atoms with Crippen molar-refractivity contribution in [1.29, 1.82) is 0 Å². The van der Waals surface area contributed by atoms with Crippen molar-refractivity contribution in [2.45, 2.75) is 13.0 Å². The Bertz CT molecular complexity index is 681. The molecule has 6 heteroatoms. The lowest BCUT2D eigenvalue weighted by Gasteiger charge is -2.34. The van der Waals surface area contributed by atoms with Crippen LogP contribution in [0, 0.1) is 0 Å². The summed E-state index contributed by atoms with van der Waals surface area (Å²) in [5.41, 5.74) is 3.37. The molecule has 1 aliphatic rings. The van der Waals surface area contributed by atoms with Crippen LogP contribution in [0.15, 0.2) is 48.8 Å². The Labute approximate surface area is 155 Å². The second kappa shape index (κ2) is 9.20. The number of benzene rings is 1. The molecule has 0 saturated carbocycles. The zero-order valence-electron chi connectivity index (χ0n) is 15.3. The van der Waals surface area contributed by atoms with E-state index in [9.17, 15) is 4.79 Å². The van der Waals surface area contributed by atoms with Crippen molar-refractivity contribution < 1.29 is 4.79 Å². The maximum absolute atomic E-state index is 11.9. The number of anilines is 2. The van der Waals surface area contributed by atoms with Crippen LogP contribution in [0.1, 0.15) is 12.0 Å². The lowest BCUT2D eigenvalue weighted by molar-refractivity contribution is -0.121. The summed E-state index contributed by atoms with van der Waals surface area (Å²) < 4.78 is 0. The molecule has 0 bridgehead atoms. The monoisotopic (exact) mass is 353 g/mol. The predicted octanol–water partition coefficient (Wildman–Crippen LogP) is 1.95. The van der Waals surface area contributed by atoms with E-state index in [-0.39, 0.29) is 5.91 Å². The number of nitrogens with one attached hydrogen (secondary N) is 2. The van der Waals surface area contributed by atoms with Crippen molar-refractivity contribution in [3.63, 3.8) is 0 Å². The third-order valence-corrected chi connectivity index (χ3v) is 4.66. The number of likely N-dealkylation sites (N-methyl/N-ethyl adjacent to an activating group) is 1. The number of carbonyl (C=O) groups excluding carboxylic acids is 1. The molecule has 26 heavy (non-hydrogen) atoms. The van der Waals surface area contributed by atoms with Gasteiger partial charge in [0.05, 0.1) is 0 Å². The van der Waals surface area contributed by atoms with Gasteiger partial charge in [0.15, 0.2) is 0 Å². The SMILES string of the molecule is CN1CCN(c2ccc(NCCC(=O)NCc3ccncc3)cc2)CC1. The summed E-state index contributed by atoms with van der Waals surface area (Å²) in [6.07, 6.45) is 3.91. The van der Waals surface area contributed by atoms with Crippen molar-refractivity contribution in [1.82, 2.24) is 15.2 Å². The number of carbonyl (C=O) groups is 1. The highest BCUT2D eigenvalue weighted by Gasteiger charge is 2.13. The number of aromatic nitrogens is 1. The molecule has 1 amide bonds. The van der Waals surface area contributed by atoms with Gasteiger partial charge in [0.25, 0.3) is 0 Å². The molecule has 3 rings (SSSR count). The zero-order chi connectivity index (χ0) is 18.2. The van der Waals surface area contributed by atoms with E-state index < -0.39 is 0 Å². The first kappa shape index (κ1) is 18.2. The van der Waals surface area contributed by atoms with Crippen LogP contribution in [-0.4, -0.2) is 55.6 Å². The molecule has 0 unspecified atom stereocenters. The van der Waals surface area contributed by atoms with Crippen LogP contribution in [0.3, 0.4) is 0 Å². The van der Waals surface area contributed by atoms with Gasteiger partial charge >= 0.3 is 0 Å². The molecule has 1 saturated heterocycles. The van der Waals surface area contributed by atoms with Gasteiger partial charge in [-0.25, -0.2) is 0 Å². The van der Waals surface area contributed by atoms with Crippen molar-refractivity contribution in [2.75, 3.05) is 50.0 Å². The van der Waals surface area contributed by atoms with E-state index in [1.807, 2.05) is 12.1 Å². The molecule has 0 aliphatic carbocycles. The van der Waals surface area contributed by atoms with Crippen molar-refractivity contribution >= 4 is 17.3 Å². The minimum absolute atomic E-state index is 0.0448. The second-order valence-corrected chi connectivity index (χ2v) is 6.65. The van der Waals surface area contributed by atoms with E-state index in [0.717, 1.165) is 37.4 Å². The van der Waals surface area contributed by atoms with Crippen LogP contribution < -0.4 is 15.5 Å². The van der Waals surface area contributed by atoms with Gasteiger partial charge in [-0.15, -0.1) is 0 Å². The number of nitrogens with zero attached hydrogens (tertiary/aromatic N) is 3.